The van der Waals surface area contributed by atoms with Gasteiger partial charge in [0.25, 0.3) is 0 Å². The number of esters is 1. The van der Waals surface area contributed by atoms with Crippen LogP contribution in [0, 0.1) is 0 Å². The number of rotatable bonds is 9. The predicted octanol–water partition coefficient (Wildman–Crippen LogP) is 0.185. The third-order valence-corrected chi connectivity index (χ3v) is 1.83. The molecule has 0 aliphatic heterocycles. The molecule has 0 aliphatic carbocycles. The topological polar surface area (TPSA) is 81.4 Å². The van der Waals surface area contributed by atoms with E-state index in [9.17, 15) is 9.59 Å². The summed E-state index contributed by atoms with van der Waals surface area (Å²) in [6.45, 7) is 2.62. The summed E-state index contributed by atoms with van der Waals surface area (Å²) < 4.78 is 4.92. The van der Waals surface area contributed by atoms with Crippen LogP contribution in [0.15, 0.2) is 0 Å². The van der Waals surface area contributed by atoms with Gasteiger partial charge in [0.2, 0.25) is 5.91 Å². The van der Waals surface area contributed by atoms with E-state index in [-0.39, 0.29) is 19.1 Å². The second-order valence-corrected chi connectivity index (χ2v) is 3.35. The normalized spacial score (nSPS) is 9.93. The van der Waals surface area contributed by atoms with Crippen LogP contribution in [0.3, 0.4) is 0 Å². The average molecular weight is 216 g/mol. The van der Waals surface area contributed by atoms with Crippen molar-refractivity contribution in [2.75, 3.05) is 19.7 Å². The zero-order chi connectivity index (χ0) is 11.5. The van der Waals surface area contributed by atoms with Crippen LogP contribution < -0.4 is 11.1 Å². The molecule has 0 rings (SSSR count). The Hall–Kier alpha value is -1.10. The maximum Gasteiger partial charge on any atom is 0.319 e. The van der Waals surface area contributed by atoms with Crippen LogP contribution >= 0.6 is 0 Å². The molecule has 0 aromatic rings. The highest BCUT2D eigenvalue weighted by atomic mass is 16.5. The van der Waals surface area contributed by atoms with Crippen LogP contribution in [0.1, 0.15) is 32.6 Å². The second kappa shape index (κ2) is 9.45. The molecule has 88 valence electrons. The number of nitrogens with one attached hydrogen (secondary N) is 1. The molecule has 0 aromatic heterocycles. The Bertz CT molecular complexity index is 195. The molecule has 0 fully saturated rings. The maximum atomic E-state index is 11.0. The zero-order valence-corrected chi connectivity index (χ0v) is 9.25. The Balaban J connectivity index is 3.22. The van der Waals surface area contributed by atoms with E-state index in [1.807, 2.05) is 0 Å². The Labute approximate surface area is 90.4 Å². The lowest BCUT2D eigenvalue weighted by molar-refractivity contribution is -0.142. The molecule has 5 nitrogen and oxygen atoms in total. The Kier molecular flexibility index (Phi) is 8.76. The van der Waals surface area contributed by atoms with E-state index in [0.717, 1.165) is 25.7 Å². The van der Waals surface area contributed by atoms with E-state index in [2.05, 4.69) is 12.2 Å². The van der Waals surface area contributed by atoms with Crippen molar-refractivity contribution in [3.8, 4) is 0 Å². The molecule has 0 spiro atoms. The van der Waals surface area contributed by atoms with Crippen LogP contribution in [0.2, 0.25) is 0 Å². The van der Waals surface area contributed by atoms with E-state index < -0.39 is 5.91 Å². The summed E-state index contributed by atoms with van der Waals surface area (Å²) in [7, 11) is 0. The molecule has 0 saturated carbocycles. The summed E-state index contributed by atoms with van der Waals surface area (Å²) in [5.74, 6) is -0.821. The van der Waals surface area contributed by atoms with Gasteiger partial charge < -0.3 is 10.5 Å². The summed E-state index contributed by atoms with van der Waals surface area (Å²) in [5, 5.41) is 2.59. The molecule has 5 heteroatoms. The molecular formula is C10H20N2O3. The lowest BCUT2D eigenvalue weighted by atomic mass is 10.2. The number of hydrogen-bond acceptors (Lipinski definition) is 4. The van der Waals surface area contributed by atoms with E-state index in [1.165, 1.54) is 0 Å². The Morgan fingerprint density at radius 3 is 2.53 bits per heavy atom. The lowest BCUT2D eigenvalue weighted by Crippen LogP contribution is -2.33. The monoisotopic (exact) mass is 216 g/mol. The van der Waals surface area contributed by atoms with Gasteiger partial charge in [-0.1, -0.05) is 26.2 Å². The minimum atomic E-state index is -0.481. The summed E-state index contributed by atoms with van der Waals surface area (Å²) in [5.41, 5.74) is 4.88. The molecule has 0 bridgehead atoms. The minimum absolute atomic E-state index is 0.00490. The molecule has 0 aliphatic rings. The predicted molar refractivity (Wildman–Crippen MR) is 57.2 cm³/mol. The van der Waals surface area contributed by atoms with Crippen LogP contribution in [0.4, 0.5) is 0 Å². The van der Waals surface area contributed by atoms with Gasteiger partial charge in [-0.2, -0.15) is 0 Å². The van der Waals surface area contributed by atoms with Crippen LogP contribution in [-0.2, 0) is 14.3 Å². The first-order chi connectivity index (χ1) is 7.16. The fourth-order valence-electron chi connectivity index (χ4n) is 1.05. The summed E-state index contributed by atoms with van der Waals surface area (Å²) in [6, 6.07) is 0. The van der Waals surface area contributed by atoms with Gasteiger partial charge >= 0.3 is 5.97 Å². The van der Waals surface area contributed by atoms with Gasteiger partial charge in [-0.05, 0) is 6.42 Å². The molecular weight excluding hydrogens is 196 g/mol. The molecule has 0 aromatic carbocycles. The molecule has 0 saturated heterocycles. The van der Waals surface area contributed by atoms with Gasteiger partial charge in [0.05, 0.1) is 19.7 Å². The summed E-state index contributed by atoms with van der Waals surface area (Å²) >= 11 is 0. The van der Waals surface area contributed by atoms with Crippen LogP contribution in [0.25, 0.3) is 0 Å². The van der Waals surface area contributed by atoms with E-state index in [1.54, 1.807) is 0 Å². The minimum Gasteiger partial charge on any atom is -0.465 e. The quantitative estimate of drug-likeness (QED) is 0.425. The fourth-order valence-corrected chi connectivity index (χ4v) is 1.05. The van der Waals surface area contributed by atoms with Gasteiger partial charge in [-0.25, -0.2) is 0 Å². The molecule has 0 heterocycles. The Morgan fingerprint density at radius 2 is 1.93 bits per heavy atom. The smallest absolute Gasteiger partial charge is 0.319 e. The number of primary amides is 1. The van der Waals surface area contributed by atoms with Crippen LogP contribution in [-0.4, -0.2) is 31.6 Å². The Morgan fingerprint density at radius 1 is 1.20 bits per heavy atom. The lowest BCUT2D eigenvalue weighted by Gasteiger charge is -2.04. The number of hydrogen-bond donors (Lipinski definition) is 2. The zero-order valence-electron chi connectivity index (χ0n) is 9.25. The third kappa shape index (κ3) is 10.8. The summed E-state index contributed by atoms with van der Waals surface area (Å²) in [4.78, 5) is 21.3. The maximum absolute atomic E-state index is 11.0. The highest BCUT2D eigenvalue weighted by molar-refractivity contribution is 5.77. The van der Waals surface area contributed by atoms with Crippen molar-refractivity contribution in [3.05, 3.63) is 0 Å². The number of amides is 1. The first-order valence-corrected chi connectivity index (χ1v) is 5.31. The highest BCUT2D eigenvalue weighted by Crippen LogP contribution is 1.98. The number of ether oxygens (including phenoxy) is 1. The SMILES string of the molecule is CCCCCCOC(=O)CNCC(N)=O. The van der Waals surface area contributed by atoms with Crippen molar-refractivity contribution in [2.24, 2.45) is 5.73 Å². The van der Waals surface area contributed by atoms with E-state index in [0.29, 0.717) is 6.61 Å². The van der Waals surface area contributed by atoms with E-state index >= 15 is 0 Å². The van der Waals surface area contributed by atoms with Gasteiger partial charge in [-0.3, -0.25) is 14.9 Å². The molecule has 0 unspecified atom stereocenters. The van der Waals surface area contributed by atoms with Crippen molar-refractivity contribution >= 4 is 11.9 Å². The number of nitrogens with two attached hydrogens (primary N) is 1. The van der Waals surface area contributed by atoms with Gasteiger partial charge in [0, 0.05) is 0 Å². The van der Waals surface area contributed by atoms with Crippen molar-refractivity contribution in [2.45, 2.75) is 32.6 Å². The van der Waals surface area contributed by atoms with Gasteiger partial charge in [0.1, 0.15) is 0 Å². The second-order valence-electron chi connectivity index (χ2n) is 3.35. The summed E-state index contributed by atoms with van der Waals surface area (Å²) in [6.07, 6.45) is 4.31. The molecule has 3 N–H and O–H groups in total. The molecule has 0 atom stereocenters. The average Bonchev–Trinajstić information content (AvgIpc) is 2.17. The number of unbranched alkanes of at least 4 members (excludes halogenated alkanes) is 3. The van der Waals surface area contributed by atoms with Crippen molar-refractivity contribution in [3.63, 3.8) is 0 Å². The molecule has 1 amide bonds. The standard InChI is InChI=1S/C10H20N2O3/c1-2-3-4-5-6-15-10(14)8-12-7-9(11)13/h12H,2-8H2,1H3,(H2,11,13). The van der Waals surface area contributed by atoms with Crippen LogP contribution in [0.5, 0.6) is 0 Å². The van der Waals surface area contributed by atoms with E-state index in [4.69, 9.17) is 10.5 Å². The van der Waals surface area contributed by atoms with Gasteiger partial charge in [0.15, 0.2) is 0 Å². The third-order valence-electron chi connectivity index (χ3n) is 1.83. The number of carbonyl (C=O) groups is 2. The first-order valence-electron chi connectivity index (χ1n) is 5.31. The van der Waals surface area contributed by atoms with Crippen molar-refractivity contribution in [1.82, 2.24) is 5.32 Å². The number of carbonyl (C=O) groups excluding carboxylic acids is 2. The van der Waals surface area contributed by atoms with Crippen molar-refractivity contribution < 1.29 is 14.3 Å². The molecule has 0 radical (unpaired) electrons. The van der Waals surface area contributed by atoms with Gasteiger partial charge in [-0.15, -0.1) is 0 Å². The fraction of sp³-hybridized carbons (Fsp3) is 0.800. The molecule has 15 heavy (non-hydrogen) atoms. The first kappa shape index (κ1) is 13.9. The highest BCUT2D eigenvalue weighted by Gasteiger charge is 2.02. The largest absolute Gasteiger partial charge is 0.465 e. The van der Waals surface area contributed by atoms with Crippen molar-refractivity contribution in [1.29, 1.82) is 0 Å².